The highest BCUT2D eigenvalue weighted by Gasteiger charge is 2.42. The number of piperidine rings is 1. The van der Waals surface area contributed by atoms with Gasteiger partial charge in [0.25, 0.3) is 0 Å². The van der Waals surface area contributed by atoms with Crippen LogP contribution in [0.5, 0.6) is 0 Å². The van der Waals surface area contributed by atoms with Crippen LogP contribution in [0.15, 0.2) is 30.5 Å². The molecule has 24 heavy (non-hydrogen) atoms. The predicted molar refractivity (Wildman–Crippen MR) is 89.0 cm³/mol. The summed E-state index contributed by atoms with van der Waals surface area (Å²) < 4.78 is 20.1. The van der Waals surface area contributed by atoms with Crippen molar-refractivity contribution in [2.75, 3.05) is 19.7 Å². The molecular weight excluding hydrogens is 305 g/mol. The van der Waals surface area contributed by atoms with Crippen LogP contribution >= 0.6 is 0 Å². The fraction of sp³-hybridized carbons (Fsp3) is 0.474. The van der Waals surface area contributed by atoms with E-state index in [0.717, 1.165) is 56.0 Å². The molecule has 4 nitrogen and oxygen atoms in total. The van der Waals surface area contributed by atoms with Crippen molar-refractivity contribution >= 4 is 0 Å². The van der Waals surface area contributed by atoms with Crippen molar-refractivity contribution in [3.63, 3.8) is 0 Å². The lowest BCUT2D eigenvalue weighted by Gasteiger charge is -2.44. The summed E-state index contributed by atoms with van der Waals surface area (Å²) in [4.78, 5) is 11.3. The fourth-order valence-electron chi connectivity index (χ4n) is 3.82. The molecule has 0 N–H and O–H groups in total. The van der Waals surface area contributed by atoms with Crippen LogP contribution in [0, 0.1) is 12.7 Å². The van der Waals surface area contributed by atoms with Crippen LogP contribution in [0.3, 0.4) is 0 Å². The molecule has 0 aliphatic carbocycles. The Hall–Kier alpha value is -1.85. The Bertz CT molecular complexity index is 741. The van der Waals surface area contributed by atoms with Gasteiger partial charge >= 0.3 is 0 Å². The minimum atomic E-state index is -0.285. The highest BCUT2D eigenvalue weighted by atomic mass is 19.1. The zero-order chi connectivity index (χ0) is 16.6. The van der Waals surface area contributed by atoms with Crippen LogP contribution in [-0.2, 0) is 23.3 Å². The summed E-state index contributed by atoms with van der Waals surface area (Å²) in [6, 6.07) is 7.02. The molecule has 3 heterocycles. The third kappa shape index (κ3) is 2.82. The Morgan fingerprint density at radius 1 is 1.25 bits per heavy atom. The average Bonchev–Trinajstić information content (AvgIpc) is 2.60. The van der Waals surface area contributed by atoms with E-state index in [-0.39, 0.29) is 11.4 Å². The largest absolute Gasteiger partial charge is 0.368 e. The number of halogens is 1. The second-order valence-corrected chi connectivity index (χ2v) is 6.75. The van der Waals surface area contributed by atoms with E-state index in [4.69, 9.17) is 9.72 Å². The molecular formula is C19H22FN3O. The van der Waals surface area contributed by atoms with E-state index < -0.39 is 0 Å². The van der Waals surface area contributed by atoms with Crippen molar-refractivity contribution in [3.8, 4) is 0 Å². The van der Waals surface area contributed by atoms with Gasteiger partial charge in [0, 0.05) is 31.4 Å². The molecule has 0 radical (unpaired) electrons. The molecule has 1 saturated heterocycles. The maximum Gasteiger partial charge on any atom is 0.127 e. The van der Waals surface area contributed by atoms with Crippen LogP contribution in [0.1, 0.15) is 35.5 Å². The van der Waals surface area contributed by atoms with Gasteiger partial charge in [0.2, 0.25) is 0 Å². The van der Waals surface area contributed by atoms with E-state index in [1.165, 1.54) is 11.6 Å². The van der Waals surface area contributed by atoms with Crippen LogP contribution < -0.4 is 0 Å². The number of aromatic nitrogens is 2. The Labute approximate surface area is 141 Å². The summed E-state index contributed by atoms with van der Waals surface area (Å²) in [6.07, 6.45) is 4.62. The molecule has 0 bridgehead atoms. The van der Waals surface area contributed by atoms with Gasteiger partial charge in [-0.25, -0.2) is 14.4 Å². The lowest BCUT2D eigenvalue weighted by atomic mass is 9.83. The molecule has 0 atom stereocenters. The quantitative estimate of drug-likeness (QED) is 0.850. The molecule has 1 fully saturated rings. The van der Waals surface area contributed by atoms with Crippen molar-refractivity contribution in [1.82, 2.24) is 14.9 Å². The minimum Gasteiger partial charge on any atom is -0.368 e. The molecule has 4 rings (SSSR count). The summed E-state index contributed by atoms with van der Waals surface area (Å²) in [5.41, 5.74) is 2.77. The molecule has 2 aliphatic heterocycles. The van der Waals surface area contributed by atoms with Crippen molar-refractivity contribution in [2.45, 2.75) is 38.3 Å². The van der Waals surface area contributed by atoms with Gasteiger partial charge in [-0.05, 0) is 37.8 Å². The smallest absolute Gasteiger partial charge is 0.127 e. The maximum atomic E-state index is 13.9. The van der Waals surface area contributed by atoms with E-state index >= 15 is 0 Å². The molecule has 2 aliphatic rings. The van der Waals surface area contributed by atoms with Gasteiger partial charge in [0.05, 0.1) is 12.3 Å². The number of rotatable bonds is 2. The lowest BCUT2D eigenvalue weighted by Crippen LogP contribution is -2.47. The van der Waals surface area contributed by atoms with Crippen LogP contribution in [-0.4, -0.2) is 34.6 Å². The first-order chi connectivity index (χ1) is 11.7. The molecule has 0 saturated carbocycles. The fourth-order valence-corrected chi connectivity index (χ4v) is 3.82. The summed E-state index contributed by atoms with van der Waals surface area (Å²) >= 11 is 0. The Balaban J connectivity index is 1.51. The van der Waals surface area contributed by atoms with Gasteiger partial charge in [-0.1, -0.05) is 18.2 Å². The van der Waals surface area contributed by atoms with E-state index in [9.17, 15) is 4.39 Å². The molecule has 1 spiro atoms. The molecule has 5 heteroatoms. The zero-order valence-electron chi connectivity index (χ0n) is 14.0. The number of aryl methyl sites for hydroxylation is 1. The first kappa shape index (κ1) is 15.7. The zero-order valence-corrected chi connectivity index (χ0v) is 14.0. The normalized spacial score (nSPS) is 20.1. The SMILES string of the molecule is Cc1ncc2c(n1)C1(CCN(Cc3ccccc3F)CC1)OCC2. The van der Waals surface area contributed by atoms with E-state index in [2.05, 4.69) is 9.88 Å². The maximum absolute atomic E-state index is 13.9. The highest BCUT2D eigenvalue weighted by Crippen LogP contribution is 2.40. The first-order valence-corrected chi connectivity index (χ1v) is 8.59. The second-order valence-electron chi connectivity index (χ2n) is 6.75. The van der Waals surface area contributed by atoms with Gasteiger partial charge in [0.1, 0.15) is 17.2 Å². The van der Waals surface area contributed by atoms with E-state index in [1.807, 2.05) is 25.3 Å². The highest BCUT2D eigenvalue weighted by molar-refractivity contribution is 5.27. The standard InChI is InChI=1S/C19H22FN3O/c1-14-21-12-15-6-11-24-19(18(15)22-14)7-9-23(10-8-19)13-16-4-2-3-5-17(16)20/h2-5,12H,6-11,13H2,1H3. The Morgan fingerprint density at radius 3 is 2.83 bits per heavy atom. The number of nitrogens with zero attached hydrogens (tertiary/aromatic N) is 3. The number of ether oxygens (including phenoxy) is 1. The van der Waals surface area contributed by atoms with Gasteiger partial charge in [-0.3, -0.25) is 4.90 Å². The van der Waals surface area contributed by atoms with Crippen molar-refractivity contribution < 1.29 is 9.13 Å². The minimum absolute atomic E-state index is 0.125. The summed E-state index contributed by atoms with van der Waals surface area (Å²) in [7, 11) is 0. The van der Waals surface area contributed by atoms with Gasteiger partial charge < -0.3 is 4.74 Å². The van der Waals surface area contributed by atoms with E-state index in [1.54, 1.807) is 6.07 Å². The molecule has 2 aromatic rings. The summed E-state index contributed by atoms with van der Waals surface area (Å²) in [6.45, 7) is 5.08. The first-order valence-electron chi connectivity index (χ1n) is 8.59. The average molecular weight is 327 g/mol. The molecule has 0 unspecified atom stereocenters. The predicted octanol–water partition coefficient (Wildman–Crippen LogP) is 2.99. The molecule has 1 aromatic heterocycles. The van der Waals surface area contributed by atoms with Gasteiger partial charge in [-0.2, -0.15) is 0 Å². The third-order valence-electron chi connectivity index (χ3n) is 5.18. The van der Waals surface area contributed by atoms with Crippen molar-refractivity contribution in [1.29, 1.82) is 0 Å². The van der Waals surface area contributed by atoms with Gasteiger partial charge in [-0.15, -0.1) is 0 Å². The molecule has 1 aromatic carbocycles. The van der Waals surface area contributed by atoms with Crippen molar-refractivity contribution in [3.05, 3.63) is 58.9 Å². The monoisotopic (exact) mass is 327 g/mol. The second kappa shape index (κ2) is 6.22. The summed E-state index contributed by atoms with van der Waals surface area (Å²) in [5.74, 6) is 0.674. The Kier molecular flexibility index (Phi) is 4.06. The lowest BCUT2D eigenvalue weighted by molar-refractivity contribution is -0.102. The number of likely N-dealkylation sites (tertiary alicyclic amines) is 1. The van der Waals surface area contributed by atoms with Crippen LogP contribution in [0.25, 0.3) is 0 Å². The topological polar surface area (TPSA) is 38.2 Å². The number of hydrogen-bond donors (Lipinski definition) is 0. The molecule has 0 amide bonds. The van der Waals surface area contributed by atoms with E-state index in [0.29, 0.717) is 6.54 Å². The van der Waals surface area contributed by atoms with Crippen molar-refractivity contribution in [2.24, 2.45) is 0 Å². The number of benzene rings is 1. The van der Waals surface area contributed by atoms with Crippen LogP contribution in [0.4, 0.5) is 4.39 Å². The third-order valence-corrected chi connectivity index (χ3v) is 5.18. The number of fused-ring (bicyclic) bond motifs is 2. The summed E-state index contributed by atoms with van der Waals surface area (Å²) in [5, 5.41) is 0. The Morgan fingerprint density at radius 2 is 2.04 bits per heavy atom. The number of hydrogen-bond acceptors (Lipinski definition) is 4. The molecule has 126 valence electrons. The van der Waals surface area contributed by atoms with Crippen LogP contribution in [0.2, 0.25) is 0 Å². The van der Waals surface area contributed by atoms with Gasteiger partial charge in [0.15, 0.2) is 0 Å².